The second-order valence-corrected chi connectivity index (χ2v) is 5.85. The van der Waals surface area contributed by atoms with Gasteiger partial charge in [0, 0.05) is 11.3 Å². The maximum atomic E-state index is 11.5. The largest absolute Gasteiger partial charge is 0.450 e. The fraction of sp³-hybridized carbons (Fsp3) is 0.333. The van der Waals surface area contributed by atoms with Gasteiger partial charge in [-0.1, -0.05) is 17.8 Å². The summed E-state index contributed by atoms with van der Waals surface area (Å²) in [4.78, 5) is 28.0. The number of carbonyl (C=O) groups excluding carboxylic acids is 2. The van der Waals surface area contributed by atoms with Crippen LogP contribution < -0.4 is 5.32 Å². The third kappa shape index (κ3) is 5.20. The summed E-state index contributed by atoms with van der Waals surface area (Å²) in [5, 5.41) is 11.4. The molecule has 0 spiro atoms. The van der Waals surface area contributed by atoms with Crippen LogP contribution in [0.2, 0.25) is 0 Å². The van der Waals surface area contributed by atoms with Gasteiger partial charge in [-0.2, -0.15) is 0 Å². The minimum atomic E-state index is -0.739. The standard InChI is InChI=1S/C12H14N4O3S2/c1-2-19-12(18)14-10(17)7-21-11-13-9(15-16-11)6-8-4-3-5-20-8/h3-5H,2,6-7H2,1H3,(H,13,15,16)(H,14,17,18). The molecule has 0 saturated heterocycles. The molecule has 2 N–H and O–H groups in total. The topological polar surface area (TPSA) is 97.0 Å². The molecule has 112 valence electrons. The zero-order chi connectivity index (χ0) is 15.1. The molecule has 0 aliphatic heterocycles. The van der Waals surface area contributed by atoms with E-state index in [-0.39, 0.29) is 12.4 Å². The van der Waals surface area contributed by atoms with Gasteiger partial charge >= 0.3 is 6.09 Å². The van der Waals surface area contributed by atoms with E-state index in [9.17, 15) is 9.59 Å². The normalized spacial score (nSPS) is 10.3. The minimum absolute atomic E-state index is 0.0507. The van der Waals surface area contributed by atoms with Gasteiger partial charge in [0.2, 0.25) is 11.1 Å². The second-order valence-electron chi connectivity index (χ2n) is 3.88. The number of nitrogens with one attached hydrogen (secondary N) is 2. The lowest BCUT2D eigenvalue weighted by atomic mass is 10.3. The van der Waals surface area contributed by atoms with Crippen LogP contribution in [0.25, 0.3) is 0 Å². The molecule has 0 unspecified atom stereocenters. The van der Waals surface area contributed by atoms with Crippen LogP contribution in [-0.2, 0) is 16.0 Å². The summed E-state index contributed by atoms with van der Waals surface area (Å²) in [6.07, 6.45) is -0.0586. The lowest BCUT2D eigenvalue weighted by molar-refractivity contribution is -0.117. The van der Waals surface area contributed by atoms with Gasteiger partial charge in [-0.15, -0.1) is 16.4 Å². The smallest absolute Gasteiger partial charge is 0.413 e. The number of thiophene rings is 1. The number of hydrogen-bond donors (Lipinski definition) is 2. The monoisotopic (exact) mass is 326 g/mol. The Labute approximate surface area is 129 Å². The quantitative estimate of drug-likeness (QED) is 0.786. The molecule has 9 heteroatoms. The molecular formula is C12H14N4O3S2. The fourth-order valence-electron chi connectivity index (χ4n) is 1.45. The Balaban J connectivity index is 1.77. The highest BCUT2D eigenvalue weighted by Gasteiger charge is 2.11. The van der Waals surface area contributed by atoms with Crippen LogP contribution in [0.15, 0.2) is 22.7 Å². The number of H-pyrrole nitrogens is 1. The van der Waals surface area contributed by atoms with Crippen LogP contribution in [0.1, 0.15) is 17.6 Å². The van der Waals surface area contributed by atoms with Crippen molar-refractivity contribution in [3.63, 3.8) is 0 Å². The van der Waals surface area contributed by atoms with Gasteiger partial charge in [0.1, 0.15) is 5.82 Å². The van der Waals surface area contributed by atoms with Crippen molar-refractivity contribution >= 4 is 35.1 Å². The van der Waals surface area contributed by atoms with Gasteiger partial charge in [0.15, 0.2) is 0 Å². The molecule has 0 bridgehead atoms. The number of hydrogen-bond acceptors (Lipinski definition) is 7. The predicted octanol–water partition coefficient (Wildman–Crippen LogP) is 1.82. The van der Waals surface area contributed by atoms with Crippen LogP contribution in [0.4, 0.5) is 4.79 Å². The number of aromatic amines is 1. The van der Waals surface area contributed by atoms with E-state index in [1.54, 1.807) is 18.3 Å². The van der Waals surface area contributed by atoms with Gasteiger partial charge in [0.25, 0.3) is 0 Å². The van der Waals surface area contributed by atoms with E-state index in [4.69, 9.17) is 0 Å². The Morgan fingerprint density at radius 3 is 3.10 bits per heavy atom. The average molecular weight is 326 g/mol. The Bertz CT molecular complexity index is 597. The van der Waals surface area contributed by atoms with Crippen molar-refractivity contribution in [2.75, 3.05) is 12.4 Å². The third-order valence-electron chi connectivity index (χ3n) is 2.28. The maximum Gasteiger partial charge on any atom is 0.413 e. The Kier molecular flexibility index (Phi) is 5.76. The summed E-state index contributed by atoms with van der Waals surface area (Å²) in [5.74, 6) is 0.351. The summed E-state index contributed by atoms with van der Waals surface area (Å²) in [7, 11) is 0. The highest BCUT2D eigenvalue weighted by atomic mass is 32.2. The first kappa shape index (κ1) is 15.5. The second kappa shape index (κ2) is 7.79. The third-order valence-corrected chi connectivity index (χ3v) is 4.01. The van der Waals surface area contributed by atoms with E-state index in [1.165, 1.54) is 4.88 Å². The molecule has 2 aromatic rings. The number of nitrogens with zero attached hydrogens (tertiary/aromatic N) is 2. The molecule has 0 atom stereocenters. The molecule has 21 heavy (non-hydrogen) atoms. The first-order chi connectivity index (χ1) is 10.2. The number of alkyl carbamates (subject to hydrolysis) is 1. The fourth-order valence-corrected chi connectivity index (χ4v) is 2.77. The Hall–Kier alpha value is -1.87. The molecule has 0 fully saturated rings. The summed E-state index contributed by atoms with van der Waals surface area (Å²) in [6.45, 7) is 1.89. The van der Waals surface area contributed by atoms with E-state index in [0.717, 1.165) is 17.6 Å². The first-order valence-electron chi connectivity index (χ1n) is 6.20. The zero-order valence-electron chi connectivity index (χ0n) is 11.3. The number of carbonyl (C=O) groups is 2. The molecule has 0 radical (unpaired) electrons. The Morgan fingerprint density at radius 2 is 2.38 bits per heavy atom. The Morgan fingerprint density at radius 1 is 1.52 bits per heavy atom. The van der Waals surface area contributed by atoms with Crippen LogP contribution >= 0.6 is 23.1 Å². The van der Waals surface area contributed by atoms with E-state index in [2.05, 4.69) is 25.2 Å². The molecule has 2 aromatic heterocycles. The van der Waals surface area contributed by atoms with Gasteiger partial charge in [-0.25, -0.2) is 9.78 Å². The van der Waals surface area contributed by atoms with Crippen molar-refractivity contribution in [3.8, 4) is 0 Å². The summed E-state index contributed by atoms with van der Waals surface area (Å²) >= 11 is 2.80. The summed E-state index contributed by atoms with van der Waals surface area (Å²) < 4.78 is 4.61. The predicted molar refractivity (Wildman–Crippen MR) is 79.4 cm³/mol. The molecular weight excluding hydrogens is 312 g/mol. The van der Waals surface area contributed by atoms with Gasteiger partial charge in [0.05, 0.1) is 12.4 Å². The van der Waals surface area contributed by atoms with E-state index in [0.29, 0.717) is 11.6 Å². The number of aromatic nitrogens is 3. The van der Waals surface area contributed by atoms with Crippen molar-refractivity contribution in [1.82, 2.24) is 20.5 Å². The number of thioether (sulfide) groups is 1. The van der Waals surface area contributed by atoms with Gasteiger partial charge < -0.3 is 4.74 Å². The van der Waals surface area contributed by atoms with E-state index < -0.39 is 12.0 Å². The number of ether oxygens (including phenoxy) is 1. The summed E-state index contributed by atoms with van der Waals surface area (Å²) in [6, 6.07) is 4.00. The molecule has 0 aliphatic rings. The highest BCUT2D eigenvalue weighted by Crippen LogP contribution is 2.15. The molecule has 7 nitrogen and oxygen atoms in total. The lowest BCUT2D eigenvalue weighted by Crippen LogP contribution is -2.32. The van der Waals surface area contributed by atoms with Gasteiger partial charge in [-0.05, 0) is 18.4 Å². The molecule has 0 aliphatic carbocycles. The van der Waals surface area contributed by atoms with Gasteiger partial charge in [-0.3, -0.25) is 15.2 Å². The average Bonchev–Trinajstić information content (AvgIpc) is 3.09. The SMILES string of the molecule is CCOC(=O)NC(=O)CSc1n[nH]c(Cc2cccs2)n1. The molecule has 2 amide bonds. The van der Waals surface area contributed by atoms with Crippen LogP contribution in [-0.4, -0.2) is 39.5 Å². The highest BCUT2D eigenvalue weighted by molar-refractivity contribution is 7.99. The van der Waals surface area contributed by atoms with Crippen molar-refractivity contribution in [2.24, 2.45) is 0 Å². The number of imide groups is 1. The van der Waals surface area contributed by atoms with Crippen molar-refractivity contribution in [3.05, 3.63) is 28.2 Å². The van der Waals surface area contributed by atoms with Crippen molar-refractivity contribution < 1.29 is 14.3 Å². The van der Waals surface area contributed by atoms with Crippen LogP contribution in [0.3, 0.4) is 0 Å². The lowest BCUT2D eigenvalue weighted by Gasteiger charge is -2.02. The minimum Gasteiger partial charge on any atom is -0.450 e. The summed E-state index contributed by atoms with van der Waals surface area (Å²) in [5.41, 5.74) is 0. The number of rotatable bonds is 6. The van der Waals surface area contributed by atoms with Crippen molar-refractivity contribution in [1.29, 1.82) is 0 Å². The molecule has 2 rings (SSSR count). The van der Waals surface area contributed by atoms with E-state index >= 15 is 0 Å². The molecule has 0 aromatic carbocycles. The molecule has 0 saturated carbocycles. The van der Waals surface area contributed by atoms with Crippen LogP contribution in [0.5, 0.6) is 0 Å². The number of amides is 2. The zero-order valence-corrected chi connectivity index (χ0v) is 12.9. The first-order valence-corrected chi connectivity index (χ1v) is 8.07. The van der Waals surface area contributed by atoms with Crippen LogP contribution in [0, 0.1) is 0 Å². The maximum absolute atomic E-state index is 11.5. The van der Waals surface area contributed by atoms with Crippen molar-refractivity contribution in [2.45, 2.75) is 18.5 Å². The molecule has 2 heterocycles. The van der Waals surface area contributed by atoms with E-state index in [1.807, 2.05) is 17.5 Å².